The normalized spacial score (nSPS) is 12.2. The van der Waals surface area contributed by atoms with Crippen molar-refractivity contribution in [3.05, 3.63) is 77.4 Å². The lowest BCUT2D eigenvalue weighted by Crippen LogP contribution is -2.28. The number of hydrogen-bond donors (Lipinski definition) is 1. The van der Waals surface area contributed by atoms with E-state index in [9.17, 15) is 9.59 Å². The van der Waals surface area contributed by atoms with E-state index in [1.54, 1.807) is 62.6 Å². The zero-order valence-electron chi connectivity index (χ0n) is 18.9. The molecule has 0 aromatic heterocycles. The van der Waals surface area contributed by atoms with Crippen LogP contribution in [0.1, 0.15) is 21.5 Å². The second kappa shape index (κ2) is 9.65. The average molecular weight is 447 g/mol. The summed E-state index contributed by atoms with van der Waals surface area (Å²) in [6.45, 7) is 0.600. The van der Waals surface area contributed by atoms with Crippen LogP contribution in [0.15, 0.2) is 60.7 Å². The Morgan fingerprint density at radius 2 is 1.64 bits per heavy atom. The number of nitrogens with one attached hydrogen (secondary N) is 1. The van der Waals surface area contributed by atoms with E-state index in [2.05, 4.69) is 5.32 Å². The maximum atomic E-state index is 13.1. The van der Waals surface area contributed by atoms with E-state index in [4.69, 9.17) is 14.2 Å². The van der Waals surface area contributed by atoms with Crippen LogP contribution in [0.3, 0.4) is 0 Å². The summed E-state index contributed by atoms with van der Waals surface area (Å²) >= 11 is 0. The van der Waals surface area contributed by atoms with Crippen LogP contribution < -0.4 is 24.4 Å². The summed E-state index contributed by atoms with van der Waals surface area (Å²) in [5, 5.41) is 2.94. The van der Waals surface area contributed by atoms with Crippen LogP contribution in [-0.2, 0) is 17.6 Å². The van der Waals surface area contributed by atoms with Gasteiger partial charge in [-0.25, -0.2) is 0 Å². The van der Waals surface area contributed by atoms with Gasteiger partial charge in [-0.1, -0.05) is 12.1 Å². The number of methoxy groups -OCH3 is 3. The Hall–Kier alpha value is -4.00. The molecule has 0 saturated heterocycles. The van der Waals surface area contributed by atoms with Gasteiger partial charge in [0.2, 0.25) is 5.91 Å². The number of amides is 2. The molecule has 33 heavy (non-hydrogen) atoms. The number of benzene rings is 3. The molecule has 4 rings (SSSR count). The van der Waals surface area contributed by atoms with E-state index in [1.807, 2.05) is 24.3 Å². The molecule has 3 aromatic carbocycles. The van der Waals surface area contributed by atoms with Crippen LogP contribution >= 0.6 is 0 Å². The first-order chi connectivity index (χ1) is 16.0. The predicted octanol–water partition coefficient (Wildman–Crippen LogP) is 4.10. The molecule has 0 saturated carbocycles. The third kappa shape index (κ3) is 4.77. The number of hydrogen-bond acceptors (Lipinski definition) is 5. The van der Waals surface area contributed by atoms with Gasteiger partial charge in [-0.2, -0.15) is 0 Å². The highest BCUT2D eigenvalue weighted by Gasteiger charge is 2.26. The zero-order chi connectivity index (χ0) is 23.4. The van der Waals surface area contributed by atoms with Crippen LogP contribution in [-0.4, -0.2) is 39.7 Å². The largest absolute Gasteiger partial charge is 0.497 e. The fraction of sp³-hybridized carbons (Fsp3) is 0.231. The predicted molar refractivity (Wildman–Crippen MR) is 127 cm³/mol. The molecule has 2 amide bonds. The van der Waals surface area contributed by atoms with Crippen molar-refractivity contribution in [2.24, 2.45) is 0 Å². The molecule has 7 heteroatoms. The Bertz CT molecular complexity index is 1170. The molecule has 0 aliphatic carbocycles. The molecule has 0 spiro atoms. The van der Waals surface area contributed by atoms with Gasteiger partial charge in [0.1, 0.15) is 5.75 Å². The van der Waals surface area contributed by atoms with Crippen LogP contribution in [0.2, 0.25) is 0 Å². The topological polar surface area (TPSA) is 77.1 Å². The van der Waals surface area contributed by atoms with E-state index >= 15 is 0 Å². The van der Waals surface area contributed by atoms with Crippen molar-refractivity contribution in [1.29, 1.82) is 0 Å². The third-order valence-corrected chi connectivity index (χ3v) is 5.66. The second-order valence-electron chi connectivity index (χ2n) is 7.69. The maximum absolute atomic E-state index is 13.1. The van der Waals surface area contributed by atoms with Crippen LogP contribution in [0.5, 0.6) is 17.2 Å². The molecule has 0 bridgehead atoms. The fourth-order valence-corrected chi connectivity index (χ4v) is 3.94. The molecule has 0 atom stereocenters. The lowest BCUT2D eigenvalue weighted by molar-refractivity contribution is -0.115. The van der Waals surface area contributed by atoms with E-state index < -0.39 is 0 Å². The molecule has 1 N–H and O–H groups in total. The minimum absolute atomic E-state index is 0.0785. The standard InChI is InChI=1S/C26H26N2O5/c1-31-21-9-6-19(7-10-21)26(30)28-13-12-18-5-8-20(16-22(18)28)27-25(29)15-17-4-11-23(32-2)24(14-17)33-3/h4-11,14,16H,12-13,15H2,1-3H3,(H,27,29). The van der Waals surface area contributed by atoms with E-state index in [-0.39, 0.29) is 18.2 Å². The van der Waals surface area contributed by atoms with Gasteiger partial charge in [0.25, 0.3) is 5.91 Å². The Labute approximate surface area is 192 Å². The summed E-state index contributed by atoms with van der Waals surface area (Å²) in [4.78, 5) is 27.5. The van der Waals surface area contributed by atoms with Gasteiger partial charge >= 0.3 is 0 Å². The quantitative estimate of drug-likeness (QED) is 0.591. The van der Waals surface area contributed by atoms with Crippen molar-refractivity contribution in [2.45, 2.75) is 12.8 Å². The third-order valence-electron chi connectivity index (χ3n) is 5.66. The Kier molecular flexibility index (Phi) is 6.49. The van der Waals surface area contributed by atoms with Crippen molar-refractivity contribution in [1.82, 2.24) is 0 Å². The number of carbonyl (C=O) groups excluding carboxylic acids is 2. The SMILES string of the molecule is COc1ccc(C(=O)N2CCc3ccc(NC(=O)Cc4ccc(OC)c(OC)c4)cc32)cc1. The van der Waals surface area contributed by atoms with Gasteiger partial charge in [-0.05, 0) is 66.1 Å². The molecule has 1 heterocycles. The molecular weight excluding hydrogens is 420 g/mol. The fourth-order valence-electron chi connectivity index (χ4n) is 3.94. The van der Waals surface area contributed by atoms with E-state index in [0.717, 1.165) is 23.2 Å². The zero-order valence-corrected chi connectivity index (χ0v) is 18.9. The van der Waals surface area contributed by atoms with Gasteiger partial charge in [0.15, 0.2) is 11.5 Å². The molecule has 7 nitrogen and oxygen atoms in total. The number of nitrogens with zero attached hydrogens (tertiary/aromatic N) is 1. The maximum Gasteiger partial charge on any atom is 0.258 e. The van der Waals surface area contributed by atoms with Crippen molar-refractivity contribution >= 4 is 23.2 Å². The molecule has 1 aliphatic heterocycles. The summed E-state index contributed by atoms with van der Waals surface area (Å²) < 4.78 is 15.7. The number of fused-ring (bicyclic) bond motifs is 1. The van der Waals surface area contributed by atoms with Crippen LogP contribution in [0, 0.1) is 0 Å². The van der Waals surface area contributed by atoms with Gasteiger partial charge in [-0.3, -0.25) is 9.59 Å². The Morgan fingerprint density at radius 1 is 0.879 bits per heavy atom. The molecule has 0 fully saturated rings. The van der Waals surface area contributed by atoms with Crippen molar-refractivity contribution < 1.29 is 23.8 Å². The second-order valence-corrected chi connectivity index (χ2v) is 7.69. The van der Waals surface area contributed by atoms with Gasteiger partial charge in [0.05, 0.1) is 27.8 Å². The highest BCUT2D eigenvalue weighted by Crippen LogP contribution is 2.32. The first kappa shape index (κ1) is 22.2. The van der Waals surface area contributed by atoms with Gasteiger partial charge in [0, 0.05) is 23.5 Å². The monoisotopic (exact) mass is 446 g/mol. The van der Waals surface area contributed by atoms with Gasteiger partial charge < -0.3 is 24.4 Å². The van der Waals surface area contributed by atoms with Crippen molar-refractivity contribution in [3.63, 3.8) is 0 Å². The lowest BCUT2D eigenvalue weighted by atomic mass is 10.1. The highest BCUT2D eigenvalue weighted by molar-refractivity contribution is 6.07. The molecule has 170 valence electrons. The Balaban J connectivity index is 1.47. The molecule has 0 unspecified atom stereocenters. The molecule has 1 aliphatic rings. The van der Waals surface area contributed by atoms with E-state index in [1.165, 1.54) is 0 Å². The summed E-state index contributed by atoms with van der Waals surface area (Å²) in [5.74, 6) is 1.65. The van der Waals surface area contributed by atoms with Crippen molar-refractivity contribution in [2.75, 3.05) is 38.1 Å². The minimum atomic E-state index is -0.159. The van der Waals surface area contributed by atoms with Crippen molar-refractivity contribution in [3.8, 4) is 17.2 Å². The summed E-state index contributed by atoms with van der Waals surface area (Å²) in [6, 6.07) is 18.1. The minimum Gasteiger partial charge on any atom is -0.497 e. The number of ether oxygens (including phenoxy) is 3. The smallest absolute Gasteiger partial charge is 0.258 e. The first-order valence-electron chi connectivity index (χ1n) is 10.6. The van der Waals surface area contributed by atoms with Crippen LogP contribution in [0.4, 0.5) is 11.4 Å². The first-order valence-corrected chi connectivity index (χ1v) is 10.6. The lowest BCUT2D eigenvalue weighted by Gasteiger charge is -2.18. The molecular formula is C26H26N2O5. The van der Waals surface area contributed by atoms with Gasteiger partial charge in [-0.15, -0.1) is 0 Å². The average Bonchev–Trinajstić information content (AvgIpc) is 3.26. The number of anilines is 2. The summed E-state index contributed by atoms with van der Waals surface area (Å²) in [7, 11) is 4.72. The molecule has 3 aromatic rings. The summed E-state index contributed by atoms with van der Waals surface area (Å²) in [5.41, 5.74) is 3.94. The van der Waals surface area contributed by atoms with E-state index in [0.29, 0.717) is 35.0 Å². The number of carbonyl (C=O) groups is 2. The number of rotatable bonds is 7. The highest BCUT2D eigenvalue weighted by atomic mass is 16.5. The summed E-state index contributed by atoms with van der Waals surface area (Å²) in [6.07, 6.45) is 0.961. The molecule has 0 radical (unpaired) electrons. The van der Waals surface area contributed by atoms with Crippen LogP contribution in [0.25, 0.3) is 0 Å². The Morgan fingerprint density at radius 3 is 2.33 bits per heavy atom.